The second-order valence-electron chi connectivity index (χ2n) is 5.68. The van der Waals surface area contributed by atoms with E-state index in [4.69, 9.17) is 9.84 Å². The molecule has 1 aromatic carbocycles. The summed E-state index contributed by atoms with van der Waals surface area (Å²) < 4.78 is 6.94. The quantitative estimate of drug-likeness (QED) is 0.723. The Balaban J connectivity index is 1.75. The van der Waals surface area contributed by atoms with Crippen LogP contribution in [0.1, 0.15) is 29.4 Å². The lowest BCUT2D eigenvalue weighted by Gasteiger charge is -2.09. The fraction of sp³-hybridized carbons (Fsp3) is 0.263. The molecule has 0 unspecified atom stereocenters. The summed E-state index contributed by atoms with van der Waals surface area (Å²) >= 11 is 1.54. The van der Waals surface area contributed by atoms with Crippen LogP contribution >= 0.6 is 11.3 Å². The van der Waals surface area contributed by atoms with Crippen LogP contribution in [0.25, 0.3) is 10.1 Å². The van der Waals surface area contributed by atoms with Gasteiger partial charge in [0.05, 0.1) is 6.42 Å². The maximum atomic E-state index is 10.9. The third-order valence-electron chi connectivity index (χ3n) is 3.98. The summed E-state index contributed by atoms with van der Waals surface area (Å²) in [5.74, 6) is -0.0290. The monoisotopic (exact) mass is 341 g/mol. The van der Waals surface area contributed by atoms with Gasteiger partial charge in [-0.3, -0.25) is 9.78 Å². The van der Waals surface area contributed by atoms with Crippen LogP contribution in [0.15, 0.2) is 35.7 Å². The average molecular weight is 341 g/mol. The number of benzene rings is 1. The molecule has 0 radical (unpaired) electrons. The molecule has 0 saturated heterocycles. The van der Waals surface area contributed by atoms with Gasteiger partial charge in [-0.1, -0.05) is 13.0 Å². The van der Waals surface area contributed by atoms with E-state index in [2.05, 4.69) is 18.0 Å². The number of thiophene rings is 1. The molecule has 0 saturated carbocycles. The molecule has 5 heteroatoms. The highest BCUT2D eigenvalue weighted by molar-refractivity contribution is 7.17. The van der Waals surface area contributed by atoms with Crippen molar-refractivity contribution >= 4 is 27.4 Å². The largest absolute Gasteiger partial charge is 0.489 e. The summed E-state index contributed by atoms with van der Waals surface area (Å²) in [6.07, 6.45) is 0.977. The van der Waals surface area contributed by atoms with E-state index in [1.807, 2.05) is 36.6 Å². The molecule has 124 valence electrons. The minimum Gasteiger partial charge on any atom is -0.489 e. The van der Waals surface area contributed by atoms with E-state index in [9.17, 15) is 4.79 Å². The second kappa shape index (κ2) is 7.01. The number of rotatable bonds is 6. The third-order valence-corrected chi connectivity index (χ3v) is 4.97. The molecule has 24 heavy (non-hydrogen) atoms. The van der Waals surface area contributed by atoms with Crippen LogP contribution in [-0.2, 0) is 24.2 Å². The Bertz CT molecular complexity index is 885. The molecule has 2 heterocycles. The molecule has 2 aromatic heterocycles. The zero-order valence-corrected chi connectivity index (χ0v) is 14.5. The van der Waals surface area contributed by atoms with E-state index in [-0.39, 0.29) is 6.42 Å². The van der Waals surface area contributed by atoms with E-state index in [0.29, 0.717) is 6.61 Å². The van der Waals surface area contributed by atoms with Crippen molar-refractivity contribution in [1.82, 2.24) is 4.98 Å². The minimum atomic E-state index is -0.812. The Morgan fingerprint density at radius 1 is 1.25 bits per heavy atom. The second-order valence-corrected chi connectivity index (χ2v) is 6.59. The van der Waals surface area contributed by atoms with Crippen LogP contribution in [0.2, 0.25) is 0 Å². The number of aliphatic carboxylic acids is 1. The maximum absolute atomic E-state index is 10.9. The van der Waals surface area contributed by atoms with E-state index in [1.54, 1.807) is 11.3 Å². The van der Waals surface area contributed by atoms with Crippen LogP contribution in [0.4, 0.5) is 0 Å². The van der Waals surface area contributed by atoms with E-state index >= 15 is 0 Å². The minimum absolute atomic E-state index is 0.0504. The van der Waals surface area contributed by atoms with Crippen molar-refractivity contribution in [2.45, 2.75) is 33.3 Å². The zero-order chi connectivity index (χ0) is 17.1. The predicted octanol–water partition coefficient (Wildman–Crippen LogP) is 4.37. The number of hydrogen-bond acceptors (Lipinski definition) is 4. The molecule has 0 fully saturated rings. The van der Waals surface area contributed by atoms with Crippen LogP contribution in [0, 0.1) is 6.92 Å². The van der Waals surface area contributed by atoms with Gasteiger partial charge < -0.3 is 9.84 Å². The van der Waals surface area contributed by atoms with Crippen molar-refractivity contribution in [2.24, 2.45) is 0 Å². The normalized spacial score (nSPS) is 10.9. The molecule has 0 atom stereocenters. The molecule has 0 aliphatic heterocycles. The van der Waals surface area contributed by atoms with E-state index < -0.39 is 5.97 Å². The number of fused-ring (bicyclic) bond motifs is 1. The molecular formula is C19H19NO3S. The lowest BCUT2D eigenvalue weighted by Crippen LogP contribution is -2.01. The Hall–Kier alpha value is -2.40. The fourth-order valence-corrected chi connectivity index (χ4v) is 3.60. The number of carboxylic acids is 1. The molecule has 3 aromatic rings. The summed E-state index contributed by atoms with van der Waals surface area (Å²) in [5.41, 5.74) is 4.01. The highest BCUT2D eigenvalue weighted by Crippen LogP contribution is 2.30. The van der Waals surface area contributed by atoms with Gasteiger partial charge >= 0.3 is 5.97 Å². The third kappa shape index (κ3) is 3.57. The molecule has 0 aliphatic carbocycles. The molecule has 4 nitrogen and oxygen atoms in total. The molecule has 0 bridgehead atoms. The van der Waals surface area contributed by atoms with E-state index in [0.717, 1.165) is 44.8 Å². The number of carbonyl (C=O) groups is 1. The van der Waals surface area contributed by atoms with Crippen LogP contribution < -0.4 is 4.74 Å². The number of ether oxygens (including phenoxy) is 1. The molecule has 0 amide bonds. The smallest absolute Gasteiger partial charge is 0.307 e. The first-order valence-corrected chi connectivity index (χ1v) is 8.75. The molecule has 0 aliphatic rings. The Labute approximate surface area is 144 Å². The van der Waals surface area contributed by atoms with Crippen LogP contribution in [-0.4, -0.2) is 16.1 Å². The molecule has 3 rings (SSSR count). The van der Waals surface area contributed by atoms with Gasteiger partial charge in [-0.15, -0.1) is 11.3 Å². The molecule has 0 spiro atoms. The summed E-state index contributed by atoms with van der Waals surface area (Å²) in [7, 11) is 0. The first kappa shape index (κ1) is 16.5. The van der Waals surface area contributed by atoms with Crippen molar-refractivity contribution in [1.29, 1.82) is 0 Å². The number of carboxylic acid groups (broad SMARTS) is 1. The number of hydrogen-bond donors (Lipinski definition) is 1. The first-order valence-electron chi connectivity index (χ1n) is 7.87. The van der Waals surface area contributed by atoms with Gasteiger partial charge in [0, 0.05) is 21.7 Å². The van der Waals surface area contributed by atoms with Crippen molar-refractivity contribution in [3.05, 3.63) is 58.2 Å². The van der Waals surface area contributed by atoms with Crippen molar-refractivity contribution in [3.63, 3.8) is 0 Å². The number of nitrogens with zero attached hydrogens (tertiary/aromatic N) is 1. The summed E-state index contributed by atoms with van der Waals surface area (Å²) in [6.45, 7) is 4.56. The van der Waals surface area contributed by atoms with Crippen LogP contribution in [0.3, 0.4) is 0 Å². The highest BCUT2D eigenvalue weighted by atomic mass is 32.1. The predicted molar refractivity (Wildman–Crippen MR) is 95.8 cm³/mol. The van der Waals surface area contributed by atoms with Crippen LogP contribution in [0.5, 0.6) is 5.75 Å². The van der Waals surface area contributed by atoms with Gasteiger partial charge in [0.1, 0.15) is 12.4 Å². The SMILES string of the molecule is CCc1ccc(COc2ccc3c(CC(=O)O)csc3c2)c(C)n1. The van der Waals surface area contributed by atoms with Gasteiger partial charge in [0.2, 0.25) is 0 Å². The lowest BCUT2D eigenvalue weighted by atomic mass is 10.1. The summed E-state index contributed by atoms with van der Waals surface area (Å²) in [6, 6.07) is 9.89. The van der Waals surface area contributed by atoms with Gasteiger partial charge in [0.15, 0.2) is 0 Å². The maximum Gasteiger partial charge on any atom is 0.307 e. The molecule has 1 N–H and O–H groups in total. The van der Waals surface area contributed by atoms with Crippen molar-refractivity contribution in [3.8, 4) is 5.75 Å². The average Bonchev–Trinajstić information content (AvgIpc) is 2.95. The van der Waals surface area contributed by atoms with Gasteiger partial charge in [-0.2, -0.15) is 0 Å². The van der Waals surface area contributed by atoms with Gasteiger partial charge in [-0.25, -0.2) is 0 Å². The Morgan fingerprint density at radius 2 is 2.08 bits per heavy atom. The highest BCUT2D eigenvalue weighted by Gasteiger charge is 2.09. The standard InChI is InChI=1S/C19H19NO3S/c1-3-15-5-4-13(12(2)20-15)10-23-16-6-7-17-14(8-19(21)22)11-24-18(17)9-16/h4-7,9,11H,3,8,10H2,1-2H3,(H,21,22). The summed E-state index contributed by atoms with van der Waals surface area (Å²) in [5, 5.41) is 11.8. The molecular weight excluding hydrogens is 322 g/mol. The van der Waals surface area contributed by atoms with Crippen molar-refractivity contribution in [2.75, 3.05) is 0 Å². The lowest BCUT2D eigenvalue weighted by molar-refractivity contribution is -0.136. The first-order chi connectivity index (χ1) is 11.6. The zero-order valence-electron chi connectivity index (χ0n) is 13.7. The Kier molecular flexibility index (Phi) is 4.81. The number of aryl methyl sites for hydroxylation is 2. The number of pyridine rings is 1. The fourth-order valence-electron chi connectivity index (χ4n) is 2.61. The van der Waals surface area contributed by atoms with E-state index in [1.165, 1.54) is 0 Å². The topological polar surface area (TPSA) is 59.4 Å². The summed E-state index contributed by atoms with van der Waals surface area (Å²) in [4.78, 5) is 15.4. The number of aromatic nitrogens is 1. The van der Waals surface area contributed by atoms with Gasteiger partial charge in [0.25, 0.3) is 0 Å². The Morgan fingerprint density at radius 3 is 2.79 bits per heavy atom. The van der Waals surface area contributed by atoms with Crippen molar-refractivity contribution < 1.29 is 14.6 Å². The van der Waals surface area contributed by atoms with Gasteiger partial charge in [-0.05, 0) is 53.9 Å².